The molecule has 1 aromatic rings. The van der Waals surface area contributed by atoms with E-state index in [1.807, 2.05) is 31.2 Å². The second kappa shape index (κ2) is 8.56. The Kier molecular flexibility index (Phi) is 5.88. The number of carbonyl (C=O) groups is 1. The van der Waals surface area contributed by atoms with Crippen molar-refractivity contribution >= 4 is 23.1 Å². The van der Waals surface area contributed by atoms with E-state index >= 15 is 0 Å². The fourth-order valence-electron chi connectivity index (χ4n) is 4.00. The molecule has 152 valence electrons. The molecule has 1 aliphatic heterocycles. The van der Waals surface area contributed by atoms with Crippen LogP contribution in [-0.2, 0) is 9.53 Å². The summed E-state index contributed by atoms with van der Waals surface area (Å²) in [6.45, 7) is 2.50. The van der Waals surface area contributed by atoms with Gasteiger partial charge in [-0.2, -0.15) is 0 Å². The fourth-order valence-corrected chi connectivity index (χ4v) is 4.33. The van der Waals surface area contributed by atoms with E-state index in [4.69, 9.17) is 21.5 Å². The fraction of sp³-hybridized carbons (Fsp3) is 0.391. The van der Waals surface area contributed by atoms with E-state index in [9.17, 15) is 4.79 Å². The van der Waals surface area contributed by atoms with Gasteiger partial charge in [-0.05, 0) is 56.2 Å². The Labute approximate surface area is 175 Å². The van der Waals surface area contributed by atoms with Gasteiger partial charge in [-0.25, -0.2) is 5.48 Å². The summed E-state index contributed by atoms with van der Waals surface area (Å²) in [7, 11) is 0. The second-order valence-corrected chi connectivity index (χ2v) is 8.45. The van der Waals surface area contributed by atoms with Crippen LogP contribution in [0.5, 0.6) is 0 Å². The van der Waals surface area contributed by atoms with Gasteiger partial charge in [0.25, 0.3) is 0 Å². The van der Waals surface area contributed by atoms with Gasteiger partial charge in [0, 0.05) is 16.8 Å². The van der Waals surface area contributed by atoms with Gasteiger partial charge in [-0.1, -0.05) is 35.9 Å². The molecule has 3 unspecified atom stereocenters. The van der Waals surface area contributed by atoms with Crippen molar-refractivity contribution in [1.82, 2.24) is 5.48 Å². The van der Waals surface area contributed by atoms with Crippen molar-refractivity contribution < 1.29 is 14.7 Å². The summed E-state index contributed by atoms with van der Waals surface area (Å²) in [5, 5.41) is 10.6. The lowest BCUT2D eigenvalue weighted by Gasteiger charge is -2.21. The maximum absolute atomic E-state index is 11.5. The Balaban J connectivity index is 1.43. The molecule has 3 atom stereocenters. The Morgan fingerprint density at radius 2 is 2.17 bits per heavy atom. The number of benzene rings is 1. The number of carbonyl (C=O) groups excluding carboxylic acids is 1. The molecule has 0 spiro atoms. The maximum atomic E-state index is 11.5. The average Bonchev–Trinajstić information content (AvgIpc) is 3.50. The molecule has 2 N–H and O–H groups in total. The number of amides is 1. The van der Waals surface area contributed by atoms with Crippen LogP contribution < -0.4 is 16.1 Å². The molecule has 1 fully saturated rings. The highest BCUT2D eigenvalue weighted by atomic mass is 35.5. The molecule has 4 rings (SSSR count). The van der Waals surface area contributed by atoms with Crippen LogP contribution >= 0.6 is 11.6 Å². The number of hydrogen-bond donors (Lipinski definition) is 2. The van der Waals surface area contributed by atoms with Crippen LogP contribution in [0.25, 0.3) is 5.57 Å². The van der Waals surface area contributed by atoms with Crippen LogP contribution in [-0.4, -0.2) is 23.1 Å². The van der Waals surface area contributed by atoms with E-state index in [-0.39, 0.29) is 17.2 Å². The van der Waals surface area contributed by atoms with Crippen molar-refractivity contribution in [2.45, 2.75) is 38.0 Å². The van der Waals surface area contributed by atoms with Crippen LogP contribution in [0.1, 0.15) is 32.6 Å². The average molecular weight is 413 g/mol. The van der Waals surface area contributed by atoms with Crippen molar-refractivity contribution in [1.29, 1.82) is 0 Å². The van der Waals surface area contributed by atoms with Gasteiger partial charge in [0.15, 0.2) is 0 Å². The first-order valence-electron chi connectivity index (χ1n) is 9.98. The number of ether oxygens (including phenoxy) is 1. The topological polar surface area (TPSA) is 70.9 Å². The number of rotatable bonds is 6. The molecule has 3 aliphatic rings. The largest absolute Gasteiger partial charge is 0.492 e. The summed E-state index contributed by atoms with van der Waals surface area (Å²) >= 11 is 6.59. The van der Waals surface area contributed by atoms with Crippen molar-refractivity contribution in [3.8, 4) is 0 Å². The molecular weight excluding hydrogens is 388 g/mol. The first kappa shape index (κ1) is 19.9. The Hall–Kier alpha value is -2.37. The van der Waals surface area contributed by atoms with Crippen LogP contribution in [0, 0.1) is 11.8 Å². The van der Waals surface area contributed by atoms with Crippen LogP contribution in [0.3, 0.4) is 0 Å². The third-order valence-electron chi connectivity index (χ3n) is 5.77. The van der Waals surface area contributed by atoms with Gasteiger partial charge >= 0.3 is 0 Å². The first-order chi connectivity index (χ1) is 14.0. The van der Waals surface area contributed by atoms with Crippen molar-refractivity contribution in [2.24, 2.45) is 16.8 Å². The van der Waals surface area contributed by atoms with Gasteiger partial charge < -0.3 is 4.74 Å². The number of para-hydroxylation sites is 1. The summed E-state index contributed by atoms with van der Waals surface area (Å²) in [6, 6.07) is 8.14. The van der Waals surface area contributed by atoms with Gasteiger partial charge in [0.1, 0.15) is 12.4 Å². The van der Waals surface area contributed by atoms with Crippen molar-refractivity contribution in [3.63, 3.8) is 0 Å². The summed E-state index contributed by atoms with van der Waals surface area (Å²) in [4.78, 5) is 16.1. The molecule has 5 nitrogen and oxygen atoms in total. The number of nitrogens with one attached hydrogen (secondary N) is 1. The molecule has 1 aromatic carbocycles. The normalized spacial score (nSPS) is 25.6. The Bertz CT molecular complexity index is 1020. The number of nitrogens with zero attached hydrogens (tertiary/aromatic N) is 1. The number of alkyl halides is 1. The second-order valence-electron chi connectivity index (χ2n) is 7.92. The molecule has 6 heteroatoms. The molecule has 0 aromatic heterocycles. The van der Waals surface area contributed by atoms with E-state index < -0.39 is 0 Å². The summed E-state index contributed by atoms with van der Waals surface area (Å²) in [5.74, 6) is 0.711. The predicted octanol–water partition coefficient (Wildman–Crippen LogP) is 3.13. The van der Waals surface area contributed by atoms with Crippen LogP contribution in [0.2, 0.25) is 0 Å². The third-order valence-corrected chi connectivity index (χ3v) is 6.14. The summed E-state index contributed by atoms with van der Waals surface area (Å²) in [6.07, 6.45) is 9.32. The van der Waals surface area contributed by atoms with E-state index in [0.717, 1.165) is 47.7 Å². The minimum atomic E-state index is -0.287. The van der Waals surface area contributed by atoms with E-state index in [0.29, 0.717) is 12.5 Å². The summed E-state index contributed by atoms with van der Waals surface area (Å²) < 4.78 is 6.11. The lowest BCUT2D eigenvalue weighted by atomic mass is 9.97. The Morgan fingerprint density at radius 3 is 2.97 bits per heavy atom. The van der Waals surface area contributed by atoms with Gasteiger partial charge in [0.2, 0.25) is 5.91 Å². The summed E-state index contributed by atoms with van der Waals surface area (Å²) in [5.41, 5.74) is 5.17. The standard InChI is InChI=1S/C23H25ClN2O3/c1-14-6-8-16(18-4-2-3-5-21(18)25-14)13-29-22-9-7-15(11-20(22)24)10-17-12-19(17)23(27)26-28/h2-7,9,17,19-20,28H,8,10-13H2,1H3,(H,26,27). The number of hydroxylamine groups is 1. The highest BCUT2D eigenvalue weighted by Gasteiger charge is 2.43. The highest BCUT2D eigenvalue weighted by Crippen LogP contribution is 2.44. The SMILES string of the molecule is CC1=CCC(COC2=CC=C(CC3CC3C(=O)NO)CC2Cl)=c2ccccc2=N1. The Morgan fingerprint density at radius 1 is 1.34 bits per heavy atom. The number of fused-ring (bicyclic) bond motifs is 1. The van der Waals surface area contributed by atoms with Crippen molar-refractivity contribution in [3.05, 3.63) is 70.1 Å². The molecule has 2 aliphatic carbocycles. The van der Waals surface area contributed by atoms with E-state index in [1.54, 1.807) is 5.48 Å². The van der Waals surface area contributed by atoms with Crippen molar-refractivity contribution in [2.75, 3.05) is 6.61 Å². The molecule has 1 saturated carbocycles. The zero-order chi connectivity index (χ0) is 20.4. The number of hydrogen-bond acceptors (Lipinski definition) is 4. The lowest BCUT2D eigenvalue weighted by Crippen LogP contribution is -2.27. The molecule has 0 bridgehead atoms. The van der Waals surface area contributed by atoms with Gasteiger partial charge in [-0.15, -0.1) is 11.6 Å². The zero-order valence-corrected chi connectivity index (χ0v) is 17.2. The van der Waals surface area contributed by atoms with Gasteiger partial charge in [0.05, 0.1) is 10.7 Å². The zero-order valence-electron chi connectivity index (χ0n) is 16.4. The number of halogens is 1. The minimum Gasteiger partial charge on any atom is -0.492 e. The molecule has 0 radical (unpaired) electrons. The smallest absolute Gasteiger partial charge is 0.246 e. The van der Waals surface area contributed by atoms with E-state index in [1.165, 1.54) is 11.1 Å². The quantitative estimate of drug-likeness (QED) is 0.428. The minimum absolute atomic E-state index is 0.0788. The third kappa shape index (κ3) is 4.62. The van der Waals surface area contributed by atoms with Crippen LogP contribution in [0.4, 0.5) is 0 Å². The molecule has 1 amide bonds. The van der Waals surface area contributed by atoms with E-state index in [2.05, 4.69) is 23.2 Å². The van der Waals surface area contributed by atoms with Gasteiger partial charge in [-0.3, -0.25) is 15.0 Å². The first-order valence-corrected chi connectivity index (χ1v) is 10.4. The van der Waals surface area contributed by atoms with Crippen LogP contribution in [0.15, 0.2) is 64.5 Å². The monoisotopic (exact) mass is 412 g/mol. The highest BCUT2D eigenvalue weighted by molar-refractivity contribution is 6.22. The predicted molar refractivity (Wildman–Crippen MR) is 112 cm³/mol. The lowest BCUT2D eigenvalue weighted by molar-refractivity contribution is -0.130. The number of allylic oxidation sites excluding steroid dienone is 6. The molecule has 0 saturated heterocycles. The molecular formula is C23H25ClN2O3. The maximum Gasteiger partial charge on any atom is 0.246 e. The molecule has 1 heterocycles. The molecule has 29 heavy (non-hydrogen) atoms.